The van der Waals surface area contributed by atoms with E-state index >= 15 is 0 Å². The number of aromatic hydroxyl groups is 1. The Balaban J connectivity index is 1.86. The molecule has 0 radical (unpaired) electrons. The van der Waals surface area contributed by atoms with E-state index in [9.17, 15) is 23.1 Å². The van der Waals surface area contributed by atoms with E-state index in [-0.39, 0.29) is 28.0 Å². The quantitative estimate of drug-likeness (QED) is 0.572. The van der Waals surface area contributed by atoms with Gasteiger partial charge in [-0.25, -0.2) is 0 Å². The van der Waals surface area contributed by atoms with Gasteiger partial charge in [0.1, 0.15) is 22.4 Å². The summed E-state index contributed by atoms with van der Waals surface area (Å²) in [4.78, 5) is 26.7. The summed E-state index contributed by atoms with van der Waals surface area (Å²) in [6.07, 6.45) is 2.22. The van der Waals surface area contributed by atoms with Crippen LogP contribution in [0.5, 0.6) is 5.75 Å². The van der Waals surface area contributed by atoms with Crippen LogP contribution in [0.2, 0.25) is 0 Å². The Labute approximate surface area is 174 Å². The van der Waals surface area contributed by atoms with E-state index in [0.29, 0.717) is 17.5 Å². The fourth-order valence-corrected chi connectivity index (χ4v) is 5.41. The van der Waals surface area contributed by atoms with E-state index in [1.165, 1.54) is 12.1 Å². The summed E-state index contributed by atoms with van der Waals surface area (Å²) in [6.45, 7) is 3.84. The number of ketones is 2. The van der Waals surface area contributed by atoms with Crippen molar-refractivity contribution in [2.75, 3.05) is 5.32 Å². The zero-order chi connectivity index (χ0) is 21.7. The number of Topliss-reactive ketones (excluding diaryl/α,β-unsaturated/α-hetero) is 2. The molecule has 2 aromatic carbocycles. The van der Waals surface area contributed by atoms with Crippen LogP contribution >= 0.6 is 0 Å². The van der Waals surface area contributed by atoms with Crippen LogP contribution in [-0.2, 0) is 20.2 Å². The summed E-state index contributed by atoms with van der Waals surface area (Å²) < 4.78 is 29.2. The number of amidine groups is 1. The Kier molecular flexibility index (Phi) is 4.77. The topological polar surface area (TPSA) is 113 Å². The molecule has 8 heteroatoms. The van der Waals surface area contributed by atoms with Crippen molar-refractivity contribution in [1.29, 1.82) is 0 Å². The van der Waals surface area contributed by atoms with E-state index in [2.05, 4.69) is 9.71 Å². The van der Waals surface area contributed by atoms with Gasteiger partial charge in [-0.2, -0.15) is 8.42 Å². The first kappa shape index (κ1) is 20.3. The fourth-order valence-electron chi connectivity index (χ4n) is 4.23. The van der Waals surface area contributed by atoms with Crippen molar-refractivity contribution in [3.63, 3.8) is 0 Å². The molecule has 0 fully saturated rings. The lowest BCUT2D eigenvalue weighted by Gasteiger charge is -2.38. The van der Waals surface area contributed by atoms with Gasteiger partial charge in [0.25, 0.3) is 10.0 Å². The number of hydrogen-bond donors (Lipinski definition) is 2. The van der Waals surface area contributed by atoms with Crippen LogP contribution in [0.3, 0.4) is 0 Å². The van der Waals surface area contributed by atoms with Crippen LogP contribution in [0.25, 0.3) is 0 Å². The number of nitrogens with zero attached hydrogens (tertiary/aromatic N) is 1. The molecule has 2 aromatic rings. The van der Waals surface area contributed by atoms with Crippen LogP contribution in [0, 0.1) is 5.92 Å². The number of carbonyl (C=O) groups excluding carboxylic acids is 2. The van der Waals surface area contributed by atoms with E-state index in [1.54, 1.807) is 24.3 Å². The van der Waals surface area contributed by atoms with Crippen LogP contribution in [0.4, 0.5) is 5.69 Å². The Bertz CT molecular complexity index is 1200. The van der Waals surface area contributed by atoms with E-state index in [1.807, 2.05) is 13.8 Å². The molecule has 0 amide bonds. The van der Waals surface area contributed by atoms with E-state index < -0.39 is 27.1 Å². The lowest BCUT2D eigenvalue weighted by Crippen LogP contribution is -2.51. The van der Waals surface area contributed by atoms with Gasteiger partial charge in [-0.3, -0.25) is 9.59 Å². The maximum absolute atomic E-state index is 13.6. The third kappa shape index (κ3) is 3.02. The molecule has 2 atom stereocenters. The number of phenolic OH excluding ortho intramolecular Hbond substituents is 1. The number of hydrogen-bond acceptors (Lipinski definition) is 6. The van der Waals surface area contributed by atoms with Gasteiger partial charge in [-0.1, -0.05) is 44.0 Å². The molecule has 1 heterocycles. The average molecular weight is 426 g/mol. The molecule has 0 saturated carbocycles. The molecule has 0 aromatic heterocycles. The molecule has 0 saturated heterocycles. The van der Waals surface area contributed by atoms with Crippen LogP contribution in [0.15, 0.2) is 51.8 Å². The Hall–Kier alpha value is -3.00. The highest BCUT2D eigenvalue weighted by molar-refractivity contribution is 7.90. The Morgan fingerprint density at radius 2 is 1.90 bits per heavy atom. The highest BCUT2D eigenvalue weighted by Gasteiger charge is 2.51. The molecule has 2 unspecified atom stereocenters. The molecular weight excluding hydrogens is 404 g/mol. The molecular formula is C22H22N2O5S. The molecule has 4 rings (SSSR count). The van der Waals surface area contributed by atoms with Gasteiger partial charge < -0.3 is 10.4 Å². The molecule has 0 bridgehead atoms. The lowest BCUT2D eigenvalue weighted by atomic mass is 9.63. The van der Waals surface area contributed by atoms with Crippen molar-refractivity contribution < 1.29 is 23.1 Å². The predicted octanol–water partition coefficient (Wildman–Crippen LogP) is 3.43. The van der Waals surface area contributed by atoms with E-state index in [0.717, 1.165) is 18.9 Å². The summed E-state index contributed by atoms with van der Waals surface area (Å²) in [5.41, 5.74) is 0.342. The van der Waals surface area contributed by atoms with Gasteiger partial charge in [0.15, 0.2) is 11.6 Å². The number of fused-ring (bicyclic) bond motifs is 2. The van der Waals surface area contributed by atoms with Crippen molar-refractivity contribution in [3.05, 3.63) is 53.6 Å². The average Bonchev–Trinajstić information content (AvgIpc) is 2.71. The van der Waals surface area contributed by atoms with Gasteiger partial charge in [0, 0.05) is 11.6 Å². The van der Waals surface area contributed by atoms with Crippen molar-refractivity contribution >= 4 is 33.1 Å². The molecule has 0 spiro atoms. The maximum Gasteiger partial charge on any atom is 0.286 e. The van der Waals surface area contributed by atoms with Gasteiger partial charge in [-0.15, -0.1) is 4.40 Å². The zero-order valence-electron chi connectivity index (χ0n) is 16.7. The highest BCUT2D eigenvalue weighted by atomic mass is 32.2. The summed E-state index contributed by atoms with van der Waals surface area (Å²) in [5.74, 6) is -2.57. The summed E-state index contributed by atoms with van der Waals surface area (Å²) in [5, 5.41) is 12.5. The minimum absolute atomic E-state index is 0.174. The largest absolute Gasteiger partial charge is 0.508 e. The normalized spacial score (nSPS) is 24.5. The maximum atomic E-state index is 13.6. The van der Waals surface area contributed by atoms with Crippen molar-refractivity contribution in [2.45, 2.75) is 43.4 Å². The van der Waals surface area contributed by atoms with Gasteiger partial charge in [0.05, 0.1) is 11.1 Å². The van der Waals surface area contributed by atoms with Crippen LogP contribution in [-0.4, -0.2) is 30.9 Å². The summed E-state index contributed by atoms with van der Waals surface area (Å²) >= 11 is 0. The third-order valence-corrected chi connectivity index (χ3v) is 7.21. The second-order valence-electron chi connectivity index (χ2n) is 7.90. The molecule has 156 valence electrons. The number of unbranched alkanes of at least 4 members (excludes halogenated alkanes) is 1. The molecule has 1 aliphatic carbocycles. The first-order valence-corrected chi connectivity index (χ1v) is 11.3. The fraction of sp³-hybridized carbons (Fsp3) is 0.318. The predicted molar refractivity (Wildman–Crippen MR) is 112 cm³/mol. The van der Waals surface area contributed by atoms with Crippen LogP contribution < -0.4 is 5.32 Å². The Morgan fingerprint density at radius 1 is 1.17 bits per heavy atom. The number of phenols is 1. The van der Waals surface area contributed by atoms with E-state index in [4.69, 9.17) is 0 Å². The number of nitrogens with one attached hydrogen (secondary N) is 1. The molecule has 30 heavy (non-hydrogen) atoms. The van der Waals surface area contributed by atoms with Crippen molar-refractivity contribution in [1.82, 2.24) is 0 Å². The molecule has 2 N–H and O–H groups in total. The van der Waals surface area contributed by atoms with Crippen LogP contribution in [0.1, 0.15) is 49.0 Å². The van der Waals surface area contributed by atoms with Gasteiger partial charge >= 0.3 is 0 Å². The molecule has 2 aliphatic rings. The second kappa shape index (κ2) is 7.05. The van der Waals surface area contributed by atoms with Crippen molar-refractivity contribution in [3.8, 4) is 5.75 Å². The number of benzene rings is 2. The summed E-state index contributed by atoms with van der Waals surface area (Å²) in [6, 6.07) is 10.8. The number of rotatable bonds is 4. The third-order valence-electron chi connectivity index (χ3n) is 5.88. The van der Waals surface area contributed by atoms with Crippen molar-refractivity contribution in [2.24, 2.45) is 10.3 Å². The minimum Gasteiger partial charge on any atom is -0.508 e. The first-order valence-electron chi connectivity index (χ1n) is 9.82. The molecule has 7 nitrogen and oxygen atoms in total. The number of carbonyl (C=O) groups is 2. The standard InChI is InChI=1S/C22H22N2O5S/c1-3-4-11-22(2)15-8-6-5-7-14(15)19(26)18(20(22)27)21-23-16-10-9-13(25)12-17(16)30(28,29)24-21/h5-10,12,18,25H,3-4,11H2,1-2H3,(H,23,24). The first-order chi connectivity index (χ1) is 14.2. The second-order valence-corrected chi connectivity index (χ2v) is 9.47. The van der Waals surface area contributed by atoms with Gasteiger partial charge in [0.2, 0.25) is 0 Å². The molecule has 1 aliphatic heterocycles. The smallest absolute Gasteiger partial charge is 0.286 e. The van der Waals surface area contributed by atoms with Gasteiger partial charge in [-0.05, 0) is 31.0 Å². The summed E-state index contributed by atoms with van der Waals surface area (Å²) in [7, 11) is -4.18. The SMILES string of the molecule is CCCCC1(C)C(=O)C(C2=NS(=O)(=O)c3cc(O)ccc3N2)C(=O)c2ccccc21. The number of sulfonamides is 1. The Morgan fingerprint density at radius 3 is 2.63 bits per heavy atom. The monoisotopic (exact) mass is 426 g/mol. The zero-order valence-corrected chi connectivity index (χ0v) is 17.5. The minimum atomic E-state index is -4.18. The lowest BCUT2D eigenvalue weighted by molar-refractivity contribution is -0.125. The highest BCUT2D eigenvalue weighted by Crippen LogP contribution is 2.42. The number of anilines is 1.